The summed E-state index contributed by atoms with van der Waals surface area (Å²) in [5.41, 5.74) is 1.57. The van der Waals surface area contributed by atoms with E-state index in [4.69, 9.17) is 4.74 Å². The normalized spacial score (nSPS) is 47.0. The van der Waals surface area contributed by atoms with Gasteiger partial charge >= 0.3 is 0 Å². The average Bonchev–Trinajstić information content (AvgIpc) is 2.93. The van der Waals surface area contributed by atoms with E-state index in [0.717, 1.165) is 57.8 Å². The lowest BCUT2D eigenvalue weighted by Crippen LogP contribution is -2.62. The van der Waals surface area contributed by atoms with Crippen molar-refractivity contribution in [2.75, 3.05) is 6.61 Å². The van der Waals surface area contributed by atoms with Crippen LogP contribution in [0.25, 0.3) is 0 Å². The molecule has 4 saturated carbocycles. The number of hydrogen-bond acceptors (Lipinski definition) is 6. The third kappa shape index (κ3) is 4.58. The van der Waals surface area contributed by atoms with Gasteiger partial charge < -0.3 is 25.2 Å². The number of hydrogen-bond donors (Lipinski definition) is 4. The van der Waals surface area contributed by atoms with Gasteiger partial charge in [0.05, 0.1) is 24.9 Å². The molecule has 0 aromatic rings. The molecule has 4 fully saturated rings. The summed E-state index contributed by atoms with van der Waals surface area (Å²) in [5, 5.41) is 42.7. The molecule has 4 N–H and O–H groups in total. The first-order chi connectivity index (χ1) is 18.8. The third-order valence-electron chi connectivity index (χ3n) is 13.5. The van der Waals surface area contributed by atoms with Crippen LogP contribution in [0.3, 0.4) is 0 Å². The number of Topliss-reactive ketones (excluding diaryl/α,β-unsaturated/α-hetero) is 1. The molecule has 14 unspecified atom stereocenters. The van der Waals surface area contributed by atoms with Crippen molar-refractivity contribution in [3.05, 3.63) is 11.6 Å². The van der Waals surface area contributed by atoms with Gasteiger partial charge in [-0.15, -0.1) is 0 Å². The molecule has 5 rings (SSSR count). The number of carbonyl (C=O) groups excluding carboxylic acids is 1. The van der Waals surface area contributed by atoms with Crippen LogP contribution < -0.4 is 0 Å². The highest BCUT2D eigenvalue weighted by Crippen LogP contribution is 2.70. The summed E-state index contributed by atoms with van der Waals surface area (Å²) in [6.07, 6.45) is 8.42. The molecule has 0 heterocycles. The number of allylic oxidation sites excluding steroid dienone is 2. The van der Waals surface area contributed by atoms with Crippen LogP contribution in [0.2, 0.25) is 0 Å². The Kier molecular flexibility index (Phi) is 8.47. The molecule has 0 amide bonds. The highest BCUT2D eigenvalue weighted by atomic mass is 16.5. The fourth-order valence-corrected chi connectivity index (χ4v) is 11.3. The van der Waals surface area contributed by atoms with Crippen molar-refractivity contribution in [3.8, 4) is 0 Å². The zero-order valence-electron chi connectivity index (χ0n) is 25.8. The SMILES string of the molecule is CC1CCCC2(C(O)C(O)C(C)OC(C)C(O)CO)CCC3C(=CCC4C3(C)CCC3C(C)C(=O)CCC34C)C12. The van der Waals surface area contributed by atoms with Crippen LogP contribution in [-0.4, -0.2) is 63.3 Å². The van der Waals surface area contributed by atoms with Crippen LogP contribution in [-0.2, 0) is 9.53 Å². The molecule has 5 aliphatic carbocycles. The number of ether oxygens (including phenoxy) is 1. The summed E-state index contributed by atoms with van der Waals surface area (Å²) in [4.78, 5) is 12.7. The molecule has 0 aromatic carbocycles. The molecule has 0 bridgehead atoms. The Balaban J connectivity index is 1.44. The monoisotopic (exact) mass is 560 g/mol. The maximum atomic E-state index is 12.7. The van der Waals surface area contributed by atoms with Gasteiger partial charge in [0.25, 0.3) is 0 Å². The van der Waals surface area contributed by atoms with Crippen molar-refractivity contribution in [1.82, 2.24) is 0 Å². The predicted octanol–water partition coefficient (Wildman–Crippen LogP) is 5.06. The second-order valence-electron chi connectivity index (χ2n) is 15.3. The van der Waals surface area contributed by atoms with Crippen LogP contribution in [0.5, 0.6) is 0 Å². The quantitative estimate of drug-likeness (QED) is 0.325. The number of aliphatic hydroxyl groups is 4. The summed E-state index contributed by atoms with van der Waals surface area (Å²) in [6.45, 7) is 12.6. The zero-order valence-corrected chi connectivity index (χ0v) is 25.8. The van der Waals surface area contributed by atoms with Gasteiger partial charge in [0, 0.05) is 17.8 Å². The van der Waals surface area contributed by atoms with E-state index in [2.05, 4.69) is 33.8 Å². The van der Waals surface area contributed by atoms with Gasteiger partial charge in [-0.05, 0) is 99.2 Å². The van der Waals surface area contributed by atoms with Crippen LogP contribution in [0, 0.1) is 51.8 Å². The topological polar surface area (TPSA) is 107 Å². The van der Waals surface area contributed by atoms with Crippen LogP contribution in [0.1, 0.15) is 106 Å². The van der Waals surface area contributed by atoms with Gasteiger partial charge in [0.1, 0.15) is 18.0 Å². The van der Waals surface area contributed by atoms with E-state index in [1.165, 1.54) is 6.42 Å². The van der Waals surface area contributed by atoms with E-state index in [-0.39, 0.29) is 28.1 Å². The highest BCUT2D eigenvalue weighted by Gasteiger charge is 2.64. The molecule has 0 aliphatic heterocycles. The van der Waals surface area contributed by atoms with E-state index < -0.39 is 37.1 Å². The minimum Gasteiger partial charge on any atom is -0.394 e. The largest absolute Gasteiger partial charge is 0.394 e. The minimum absolute atomic E-state index is 0.174. The molecular weight excluding hydrogens is 504 g/mol. The van der Waals surface area contributed by atoms with E-state index >= 15 is 0 Å². The van der Waals surface area contributed by atoms with Crippen molar-refractivity contribution in [3.63, 3.8) is 0 Å². The summed E-state index contributed by atoms with van der Waals surface area (Å²) in [7, 11) is 0. The van der Waals surface area contributed by atoms with Crippen molar-refractivity contribution >= 4 is 5.78 Å². The highest BCUT2D eigenvalue weighted by molar-refractivity contribution is 5.82. The lowest BCUT2D eigenvalue weighted by Gasteiger charge is -2.66. The van der Waals surface area contributed by atoms with Gasteiger partial charge in [-0.3, -0.25) is 4.79 Å². The molecule has 6 nitrogen and oxygen atoms in total. The average molecular weight is 561 g/mol. The molecule has 228 valence electrons. The fourth-order valence-electron chi connectivity index (χ4n) is 11.3. The maximum absolute atomic E-state index is 12.7. The van der Waals surface area contributed by atoms with E-state index in [1.807, 2.05) is 0 Å². The first kappa shape index (κ1) is 30.7. The molecule has 5 aliphatic rings. The summed E-state index contributed by atoms with van der Waals surface area (Å²) in [5.74, 6) is 2.88. The minimum atomic E-state index is -1.07. The lowest BCUT2D eigenvalue weighted by atomic mass is 9.38. The molecule has 0 aromatic heterocycles. The maximum Gasteiger partial charge on any atom is 0.136 e. The van der Waals surface area contributed by atoms with Crippen molar-refractivity contribution < 1.29 is 30.0 Å². The van der Waals surface area contributed by atoms with Gasteiger partial charge in [0.15, 0.2) is 0 Å². The Morgan fingerprint density at radius 2 is 1.70 bits per heavy atom. The van der Waals surface area contributed by atoms with Crippen molar-refractivity contribution in [2.24, 2.45) is 51.8 Å². The molecule has 0 spiro atoms. The first-order valence-electron chi connectivity index (χ1n) is 16.3. The Morgan fingerprint density at radius 1 is 0.975 bits per heavy atom. The van der Waals surface area contributed by atoms with Gasteiger partial charge in [-0.1, -0.05) is 52.2 Å². The summed E-state index contributed by atoms with van der Waals surface area (Å²) >= 11 is 0. The van der Waals surface area contributed by atoms with E-state index in [1.54, 1.807) is 19.4 Å². The van der Waals surface area contributed by atoms with Crippen molar-refractivity contribution in [2.45, 2.75) is 136 Å². The molecule has 0 radical (unpaired) electrons. The Labute approximate surface area is 242 Å². The van der Waals surface area contributed by atoms with Crippen LogP contribution >= 0.6 is 0 Å². The predicted molar refractivity (Wildman–Crippen MR) is 155 cm³/mol. The van der Waals surface area contributed by atoms with Gasteiger partial charge in [-0.25, -0.2) is 0 Å². The van der Waals surface area contributed by atoms with Gasteiger partial charge in [-0.2, -0.15) is 0 Å². The second-order valence-corrected chi connectivity index (χ2v) is 15.3. The van der Waals surface area contributed by atoms with Crippen molar-refractivity contribution in [1.29, 1.82) is 0 Å². The summed E-state index contributed by atoms with van der Waals surface area (Å²) in [6, 6.07) is 0. The Morgan fingerprint density at radius 3 is 2.40 bits per heavy atom. The first-order valence-corrected chi connectivity index (χ1v) is 16.3. The molecule has 6 heteroatoms. The zero-order chi connectivity index (χ0) is 29.2. The smallest absolute Gasteiger partial charge is 0.136 e. The van der Waals surface area contributed by atoms with Crippen LogP contribution in [0.4, 0.5) is 0 Å². The Bertz CT molecular complexity index is 979. The molecule has 14 atom stereocenters. The van der Waals surface area contributed by atoms with E-state index in [9.17, 15) is 25.2 Å². The molecule has 0 saturated heterocycles. The molecule has 40 heavy (non-hydrogen) atoms. The second kappa shape index (κ2) is 11.0. The fraction of sp³-hybridized carbons (Fsp3) is 0.912. The number of carbonyl (C=O) groups is 1. The third-order valence-corrected chi connectivity index (χ3v) is 13.5. The van der Waals surface area contributed by atoms with Gasteiger partial charge in [0.2, 0.25) is 0 Å². The Hall–Kier alpha value is -0.790. The molecular formula is C34H56O6. The van der Waals surface area contributed by atoms with E-state index in [0.29, 0.717) is 29.5 Å². The number of aliphatic hydroxyl groups excluding tert-OH is 4. The number of fused-ring (bicyclic) bond motifs is 7. The standard InChI is InChI=1S/C34H56O6/c1-19-8-7-14-34(31(39)30(38)22(4)40-21(3)27(37)18-35)17-12-25-23(29(19)34)9-10-28-32(5)16-13-26(36)20(2)24(32)11-15-33(25,28)6/h9,19-22,24-25,27-31,35,37-39H,7-8,10-18H2,1-6H3. The lowest BCUT2D eigenvalue weighted by molar-refractivity contribution is -0.188. The number of ketones is 1. The van der Waals surface area contributed by atoms with Crippen LogP contribution in [0.15, 0.2) is 11.6 Å². The number of rotatable bonds is 7. The summed E-state index contributed by atoms with van der Waals surface area (Å²) < 4.78 is 5.89.